The van der Waals surface area contributed by atoms with Crippen LogP contribution in [0.1, 0.15) is 56.6 Å². The summed E-state index contributed by atoms with van der Waals surface area (Å²) in [6.45, 7) is 3.76. The molecule has 1 aromatic carbocycles. The average molecular weight is 415 g/mol. The molecule has 0 aromatic heterocycles. The fourth-order valence-electron chi connectivity index (χ4n) is 3.92. The molecule has 1 saturated heterocycles. The first-order valence-corrected chi connectivity index (χ1v) is 10.5. The lowest BCUT2D eigenvalue weighted by Crippen LogP contribution is -2.44. The van der Waals surface area contributed by atoms with E-state index < -0.39 is 36.6 Å². The van der Waals surface area contributed by atoms with Crippen LogP contribution in [0.5, 0.6) is 0 Å². The number of ether oxygens (including phenoxy) is 1. The monoisotopic (exact) mass is 415 g/mol. The number of hydrogen-bond donors (Lipinski definition) is 2. The Morgan fingerprint density at radius 2 is 1.83 bits per heavy atom. The van der Waals surface area contributed by atoms with E-state index >= 15 is 0 Å². The second kappa shape index (κ2) is 9.28. The van der Waals surface area contributed by atoms with Gasteiger partial charge >= 0.3 is 12.0 Å². The Bertz CT molecular complexity index is 813. The number of benzene rings is 1. The smallest absolute Gasteiger partial charge is 0.326 e. The molecular weight excluding hydrogens is 386 g/mol. The fraction of sp³-hybridized carbons (Fsp3) is 0.545. The Morgan fingerprint density at radius 1 is 1.17 bits per heavy atom. The Balaban J connectivity index is 1.37. The largest absolute Gasteiger partial charge is 0.454 e. The summed E-state index contributed by atoms with van der Waals surface area (Å²) >= 11 is 0. The van der Waals surface area contributed by atoms with Gasteiger partial charge in [-0.3, -0.25) is 19.3 Å². The summed E-state index contributed by atoms with van der Waals surface area (Å²) in [7, 11) is 0. The van der Waals surface area contributed by atoms with Crippen LogP contribution in [0.25, 0.3) is 0 Å². The lowest BCUT2D eigenvalue weighted by atomic mass is 9.98. The molecule has 1 saturated carbocycles. The Labute approximate surface area is 176 Å². The second-order valence-corrected chi connectivity index (χ2v) is 8.27. The maximum absolute atomic E-state index is 12.5. The molecule has 1 aliphatic carbocycles. The van der Waals surface area contributed by atoms with Crippen molar-refractivity contribution in [2.24, 2.45) is 0 Å². The molecule has 0 unspecified atom stereocenters. The summed E-state index contributed by atoms with van der Waals surface area (Å²) in [5.74, 6) is -1.12. The molecule has 3 rings (SSSR count). The van der Waals surface area contributed by atoms with Crippen molar-refractivity contribution in [3.63, 3.8) is 0 Å². The molecule has 1 spiro atoms. The average Bonchev–Trinajstić information content (AvgIpc) is 3.27. The Hall–Kier alpha value is -2.90. The highest BCUT2D eigenvalue weighted by Gasteiger charge is 2.52. The van der Waals surface area contributed by atoms with Crippen LogP contribution in [0.4, 0.5) is 4.79 Å². The van der Waals surface area contributed by atoms with Gasteiger partial charge in [-0.25, -0.2) is 4.79 Å². The number of nitrogens with zero attached hydrogens (tertiary/aromatic N) is 1. The van der Waals surface area contributed by atoms with Crippen molar-refractivity contribution in [1.29, 1.82) is 0 Å². The number of esters is 1. The molecule has 8 heteroatoms. The molecular formula is C22H29N3O5. The van der Waals surface area contributed by atoms with Crippen LogP contribution in [0.15, 0.2) is 24.3 Å². The van der Waals surface area contributed by atoms with Gasteiger partial charge in [0.05, 0.1) is 0 Å². The molecule has 0 atom stereocenters. The Morgan fingerprint density at radius 3 is 2.47 bits per heavy atom. The first-order chi connectivity index (χ1) is 14.3. The van der Waals surface area contributed by atoms with Crippen LogP contribution in [0.2, 0.25) is 0 Å². The molecule has 1 aliphatic heterocycles. The SMILES string of the molecule is CC(C)c1ccc(CCNC(=O)COC(=O)CN2C(=O)NC3(CCCC3)C2=O)cc1. The summed E-state index contributed by atoms with van der Waals surface area (Å²) in [6.07, 6.45) is 3.58. The minimum absolute atomic E-state index is 0.380. The molecule has 1 aromatic rings. The van der Waals surface area contributed by atoms with Gasteiger partial charge in [-0.1, -0.05) is 51.0 Å². The number of carbonyl (C=O) groups is 4. The predicted octanol–water partition coefficient (Wildman–Crippen LogP) is 1.88. The highest BCUT2D eigenvalue weighted by Crippen LogP contribution is 2.34. The molecule has 8 nitrogen and oxygen atoms in total. The second-order valence-electron chi connectivity index (χ2n) is 8.27. The van der Waals surface area contributed by atoms with Crippen LogP contribution >= 0.6 is 0 Å². The van der Waals surface area contributed by atoms with Gasteiger partial charge in [0.2, 0.25) is 0 Å². The summed E-state index contributed by atoms with van der Waals surface area (Å²) in [4.78, 5) is 49.4. The minimum Gasteiger partial charge on any atom is -0.454 e. The molecule has 4 amide bonds. The topological polar surface area (TPSA) is 105 Å². The summed E-state index contributed by atoms with van der Waals surface area (Å²) in [5, 5.41) is 5.40. The van der Waals surface area contributed by atoms with E-state index in [2.05, 4.69) is 36.6 Å². The van der Waals surface area contributed by atoms with E-state index in [9.17, 15) is 19.2 Å². The van der Waals surface area contributed by atoms with E-state index in [0.717, 1.165) is 23.3 Å². The van der Waals surface area contributed by atoms with Crippen molar-refractivity contribution < 1.29 is 23.9 Å². The van der Waals surface area contributed by atoms with Crippen LogP contribution in [0.3, 0.4) is 0 Å². The lowest BCUT2D eigenvalue weighted by molar-refractivity contribution is -0.151. The lowest BCUT2D eigenvalue weighted by Gasteiger charge is -2.19. The van der Waals surface area contributed by atoms with Crippen LogP contribution in [-0.4, -0.2) is 54.0 Å². The summed E-state index contributed by atoms with van der Waals surface area (Å²) in [6, 6.07) is 7.66. The van der Waals surface area contributed by atoms with Crippen molar-refractivity contribution in [1.82, 2.24) is 15.5 Å². The first-order valence-electron chi connectivity index (χ1n) is 10.5. The van der Waals surface area contributed by atoms with Crippen molar-refractivity contribution in [2.45, 2.75) is 57.4 Å². The van der Waals surface area contributed by atoms with E-state index in [0.29, 0.717) is 31.7 Å². The number of nitrogens with one attached hydrogen (secondary N) is 2. The minimum atomic E-state index is -0.859. The third-order valence-electron chi connectivity index (χ3n) is 5.74. The highest BCUT2D eigenvalue weighted by atomic mass is 16.5. The number of imide groups is 1. The van der Waals surface area contributed by atoms with Gasteiger partial charge in [0, 0.05) is 6.54 Å². The van der Waals surface area contributed by atoms with Gasteiger partial charge < -0.3 is 15.4 Å². The van der Waals surface area contributed by atoms with E-state index in [-0.39, 0.29) is 5.91 Å². The van der Waals surface area contributed by atoms with Crippen molar-refractivity contribution >= 4 is 23.8 Å². The number of amides is 4. The number of carbonyl (C=O) groups excluding carboxylic acids is 4. The zero-order chi connectivity index (χ0) is 21.7. The van der Waals surface area contributed by atoms with Crippen molar-refractivity contribution in [3.8, 4) is 0 Å². The van der Waals surface area contributed by atoms with Crippen LogP contribution in [0, 0.1) is 0 Å². The molecule has 30 heavy (non-hydrogen) atoms. The van der Waals surface area contributed by atoms with Crippen molar-refractivity contribution in [2.75, 3.05) is 19.7 Å². The molecule has 0 radical (unpaired) electrons. The standard InChI is InChI=1S/C22H29N3O5/c1-15(2)17-7-5-16(6-8-17)9-12-23-18(26)14-30-19(27)13-25-20(28)22(24-21(25)29)10-3-4-11-22/h5-8,15H,3-4,9-14H2,1-2H3,(H,23,26)(H,24,29). The summed E-state index contributed by atoms with van der Waals surface area (Å²) in [5.41, 5.74) is 1.51. The zero-order valence-electron chi connectivity index (χ0n) is 17.5. The van der Waals surface area contributed by atoms with Gasteiger partial charge in [-0.15, -0.1) is 0 Å². The molecule has 2 aliphatic rings. The first kappa shape index (κ1) is 21.8. The predicted molar refractivity (Wildman–Crippen MR) is 110 cm³/mol. The molecule has 162 valence electrons. The van der Waals surface area contributed by atoms with Gasteiger partial charge in [-0.2, -0.15) is 0 Å². The van der Waals surface area contributed by atoms with Crippen LogP contribution in [-0.2, 0) is 25.5 Å². The molecule has 2 fully saturated rings. The van der Waals surface area contributed by atoms with E-state index in [1.54, 1.807) is 0 Å². The van der Waals surface area contributed by atoms with Gasteiger partial charge in [0.25, 0.3) is 11.8 Å². The summed E-state index contributed by atoms with van der Waals surface area (Å²) < 4.78 is 4.93. The normalized spacial score (nSPS) is 17.5. The quantitative estimate of drug-likeness (QED) is 0.498. The fourth-order valence-corrected chi connectivity index (χ4v) is 3.92. The Kier molecular flexibility index (Phi) is 6.74. The zero-order valence-corrected chi connectivity index (χ0v) is 17.5. The van der Waals surface area contributed by atoms with Gasteiger partial charge in [0.1, 0.15) is 12.1 Å². The molecule has 0 bridgehead atoms. The van der Waals surface area contributed by atoms with E-state index in [1.165, 1.54) is 5.56 Å². The third-order valence-corrected chi connectivity index (χ3v) is 5.74. The van der Waals surface area contributed by atoms with E-state index in [4.69, 9.17) is 4.74 Å². The maximum Gasteiger partial charge on any atom is 0.326 e. The number of urea groups is 1. The third kappa shape index (κ3) is 4.98. The van der Waals surface area contributed by atoms with Gasteiger partial charge in [0.15, 0.2) is 6.61 Å². The van der Waals surface area contributed by atoms with Gasteiger partial charge in [-0.05, 0) is 36.3 Å². The van der Waals surface area contributed by atoms with E-state index in [1.807, 2.05) is 12.1 Å². The van der Waals surface area contributed by atoms with Crippen molar-refractivity contribution in [3.05, 3.63) is 35.4 Å². The molecule has 2 N–H and O–H groups in total. The van der Waals surface area contributed by atoms with Crippen LogP contribution < -0.4 is 10.6 Å². The maximum atomic E-state index is 12.5. The highest BCUT2D eigenvalue weighted by molar-refractivity contribution is 6.08. The molecule has 1 heterocycles. The number of rotatable bonds is 8. The number of hydrogen-bond acceptors (Lipinski definition) is 5.